The lowest BCUT2D eigenvalue weighted by molar-refractivity contribution is -0.139. The molecule has 1 unspecified atom stereocenters. The summed E-state index contributed by atoms with van der Waals surface area (Å²) in [5.41, 5.74) is -1.20. The Hall–Kier alpha value is -0.810. The van der Waals surface area contributed by atoms with Gasteiger partial charge in [-0.25, -0.2) is 0 Å². The second kappa shape index (κ2) is 4.14. The third kappa shape index (κ3) is 2.36. The van der Waals surface area contributed by atoms with E-state index in [4.69, 9.17) is 11.6 Å². The van der Waals surface area contributed by atoms with E-state index in [1.165, 1.54) is 0 Å². The zero-order valence-corrected chi connectivity index (χ0v) is 7.68. The van der Waals surface area contributed by atoms with Gasteiger partial charge < -0.3 is 5.11 Å². The summed E-state index contributed by atoms with van der Waals surface area (Å²) in [5, 5.41) is 9.20. The van der Waals surface area contributed by atoms with Crippen molar-refractivity contribution in [3.8, 4) is 0 Å². The lowest BCUT2D eigenvalue weighted by Gasteiger charge is -2.14. The summed E-state index contributed by atoms with van der Waals surface area (Å²) in [5.74, 6) is -0.297. The fourth-order valence-corrected chi connectivity index (χ4v) is 1.18. The minimum absolute atomic E-state index is 0.296. The standard InChI is InChI=1S/C8H7ClF3NO/c9-3-7(14)5-4-13-2-1-6(5)8(10,11)12/h1-2,4,7,14H,3H2. The van der Waals surface area contributed by atoms with Gasteiger partial charge in [-0.1, -0.05) is 0 Å². The number of aliphatic hydroxyl groups is 1. The molecule has 78 valence electrons. The third-order valence-corrected chi connectivity index (χ3v) is 1.95. The van der Waals surface area contributed by atoms with Gasteiger partial charge in [0.15, 0.2) is 0 Å². The first kappa shape index (κ1) is 11.3. The Morgan fingerprint density at radius 1 is 1.50 bits per heavy atom. The normalized spacial score (nSPS) is 14.1. The molecule has 0 aliphatic rings. The molecule has 0 spiro atoms. The minimum atomic E-state index is -4.49. The van der Waals surface area contributed by atoms with Gasteiger partial charge in [0.1, 0.15) is 0 Å². The Morgan fingerprint density at radius 2 is 2.14 bits per heavy atom. The summed E-state index contributed by atoms with van der Waals surface area (Å²) in [7, 11) is 0. The second-order valence-electron chi connectivity index (χ2n) is 2.63. The predicted octanol–water partition coefficient (Wildman–Crippen LogP) is 2.37. The van der Waals surface area contributed by atoms with Crippen LogP contribution in [0.1, 0.15) is 17.2 Å². The molecule has 1 aromatic rings. The maximum Gasteiger partial charge on any atom is 0.416 e. The molecule has 0 saturated carbocycles. The summed E-state index contributed by atoms with van der Waals surface area (Å²) >= 11 is 5.26. The Morgan fingerprint density at radius 3 is 2.64 bits per heavy atom. The molecule has 0 amide bonds. The van der Waals surface area contributed by atoms with Gasteiger partial charge in [0, 0.05) is 18.0 Å². The Bertz CT molecular complexity index is 316. The maximum atomic E-state index is 12.4. The summed E-state index contributed by atoms with van der Waals surface area (Å²) in [6.45, 7) is 0. The first-order valence-corrected chi connectivity index (χ1v) is 4.25. The summed E-state index contributed by atoms with van der Waals surface area (Å²) in [6.07, 6.45) is -3.85. The number of hydrogen-bond donors (Lipinski definition) is 1. The van der Waals surface area contributed by atoms with E-state index >= 15 is 0 Å². The molecule has 6 heteroatoms. The van der Waals surface area contributed by atoms with Crippen molar-refractivity contribution in [2.24, 2.45) is 0 Å². The van der Waals surface area contributed by atoms with E-state index in [-0.39, 0.29) is 11.4 Å². The third-order valence-electron chi connectivity index (χ3n) is 1.66. The Kier molecular flexibility index (Phi) is 3.34. The van der Waals surface area contributed by atoms with Gasteiger partial charge in [-0.15, -0.1) is 11.6 Å². The van der Waals surface area contributed by atoms with Crippen LogP contribution in [-0.2, 0) is 6.18 Å². The SMILES string of the molecule is OC(CCl)c1cnccc1C(F)(F)F. The van der Waals surface area contributed by atoms with Crippen LogP contribution in [0, 0.1) is 0 Å². The Labute approximate surface area is 83.3 Å². The molecule has 0 bridgehead atoms. The molecule has 1 atom stereocenters. The van der Waals surface area contributed by atoms with Crippen LogP contribution in [0.15, 0.2) is 18.5 Å². The number of aromatic nitrogens is 1. The zero-order valence-electron chi connectivity index (χ0n) is 6.92. The molecule has 1 N–H and O–H groups in total. The highest BCUT2D eigenvalue weighted by atomic mass is 35.5. The van der Waals surface area contributed by atoms with Gasteiger partial charge in [0.05, 0.1) is 17.5 Å². The lowest BCUT2D eigenvalue weighted by atomic mass is 10.1. The van der Waals surface area contributed by atoms with E-state index in [0.717, 1.165) is 18.5 Å². The molecular formula is C8H7ClF3NO. The topological polar surface area (TPSA) is 33.1 Å². The molecule has 0 saturated heterocycles. The van der Waals surface area contributed by atoms with E-state index in [9.17, 15) is 18.3 Å². The molecule has 2 nitrogen and oxygen atoms in total. The predicted molar refractivity (Wildman–Crippen MR) is 44.9 cm³/mol. The van der Waals surface area contributed by atoms with Crippen molar-refractivity contribution in [2.75, 3.05) is 5.88 Å². The molecule has 1 heterocycles. The number of pyridine rings is 1. The lowest BCUT2D eigenvalue weighted by Crippen LogP contribution is -2.13. The van der Waals surface area contributed by atoms with Crippen molar-refractivity contribution in [2.45, 2.75) is 12.3 Å². The quantitative estimate of drug-likeness (QED) is 0.784. The number of aliphatic hydroxyl groups excluding tert-OH is 1. The van der Waals surface area contributed by atoms with Gasteiger partial charge >= 0.3 is 6.18 Å². The first-order valence-electron chi connectivity index (χ1n) is 3.72. The van der Waals surface area contributed by atoms with Crippen LogP contribution in [0.4, 0.5) is 13.2 Å². The number of hydrogen-bond acceptors (Lipinski definition) is 2. The molecule has 0 aliphatic heterocycles. The second-order valence-corrected chi connectivity index (χ2v) is 2.94. The van der Waals surface area contributed by atoms with Crippen LogP contribution in [-0.4, -0.2) is 16.0 Å². The number of alkyl halides is 4. The van der Waals surface area contributed by atoms with E-state index in [2.05, 4.69) is 4.98 Å². The van der Waals surface area contributed by atoms with Crippen molar-refractivity contribution in [3.63, 3.8) is 0 Å². The molecule has 1 aromatic heterocycles. The van der Waals surface area contributed by atoms with Crippen LogP contribution in [0.25, 0.3) is 0 Å². The van der Waals surface area contributed by atoms with Gasteiger partial charge in [-0.2, -0.15) is 13.2 Å². The zero-order chi connectivity index (χ0) is 10.8. The first-order chi connectivity index (χ1) is 6.46. The van der Waals surface area contributed by atoms with Crippen LogP contribution >= 0.6 is 11.6 Å². The molecule has 0 aromatic carbocycles. The molecule has 1 rings (SSSR count). The van der Waals surface area contributed by atoms with Gasteiger partial charge in [0.2, 0.25) is 0 Å². The highest BCUT2D eigenvalue weighted by Crippen LogP contribution is 2.34. The molecular weight excluding hydrogens is 219 g/mol. The Balaban J connectivity index is 3.16. The van der Waals surface area contributed by atoms with E-state index < -0.39 is 17.8 Å². The van der Waals surface area contributed by atoms with Crippen LogP contribution in [0.3, 0.4) is 0 Å². The average molecular weight is 226 g/mol. The maximum absolute atomic E-state index is 12.4. The van der Waals surface area contributed by atoms with Crippen LogP contribution in [0.5, 0.6) is 0 Å². The van der Waals surface area contributed by atoms with Crippen molar-refractivity contribution in [3.05, 3.63) is 29.6 Å². The van der Waals surface area contributed by atoms with Gasteiger partial charge in [-0.05, 0) is 6.07 Å². The van der Waals surface area contributed by atoms with Crippen molar-refractivity contribution >= 4 is 11.6 Å². The minimum Gasteiger partial charge on any atom is -0.387 e. The number of nitrogens with zero attached hydrogens (tertiary/aromatic N) is 1. The average Bonchev–Trinajstić information content (AvgIpc) is 2.15. The summed E-state index contributed by atoms with van der Waals surface area (Å²) < 4.78 is 37.1. The van der Waals surface area contributed by atoms with Crippen LogP contribution in [0.2, 0.25) is 0 Å². The monoisotopic (exact) mass is 225 g/mol. The fraction of sp³-hybridized carbons (Fsp3) is 0.375. The fourth-order valence-electron chi connectivity index (χ4n) is 1.01. The number of rotatable bonds is 2. The molecule has 0 aliphatic carbocycles. The van der Waals surface area contributed by atoms with E-state index in [1.54, 1.807) is 0 Å². The number of halogens is 4. The van der Waals surface area contributed by atoms with Crippen molar-refractivity contribution in [1.29, 1.82) is 0 Å². The van der Waals surface area contributed by atoms with Crippen molar-refractivity contribution in [1.82, 2.24) is 4.98 Å². The van der Waals surface area contributed by atoms with Gasteiger partial charge in [0.25, 0.3) is 0 Å². The van der Waals surface area contributed by atoms with Crippen molar-refractivity contribution < 1.29 is 18.3 Å². The van der Waals surface area contributed by atoms with Crippen LogP contribution < -0.4 is 0 Å². The van der Waals surface area contributed by atoms with E-state index in [0.29, 0.717) is 0 Å². The molecule has 0 fully saturated rings. The highest BCUT2D eigenvalue weighted by Gasteiger charge is 2.34. The molecule has 14 heavy (non-hydrogen) atoms. The van der Waals surface area contributed by atoms with Gasteiger partial charge in [-0.3, -0.25) is 4.98 Å². The summed E-state index contributed by atoms with van der Waals surface area (Å²) in [4.78, 5) is 3.51. The highest BCUT2D eigenvalue weighted by molar-refractivity contribution is 6.18. The van der Waals surface area contributed by atoms with E-state index in [1.807, 2.05) is 0 Å². The molecule has 0 radical (unpaired) electrons. The largest absolute Gasteiger partial charge is 0.416 e. The summed E-state index contributed by atoms with van der Waals surface area (Å²) in [6, 6.07) is 0.811. The smallest absolute Gasteiger partial charge is 0.387 e.